The SMILES string of the molecule is C[C@@H]1CCN(c2cc(-c3ccccc3O)nnc2N)CCN1c1ccnc(C#CCn2cncn2)c1C#N. The van der Waals surface area contributed by atoms with Crippen LogP contribution in [0.1, 0.15) is 24.6 Å². The van der Waals surface area contributed by atoms with E-state index in [9.17, 15) is 10.4 Å². The maximum Gasteiger partial charge on any atom is 0.169 e. The molecule has 3 N–H and O–H groups in total. The number of phenolic OH excluding ortho intramolecular Hbond substituents is 1. The molecule has 1 aromatic carbocycles. The maximum atomic E-state index is 10.3. The van der Waals surface area contributed by atoms with Crippen LogP contribution in [0.5, 0.6) is 5.75 Å². The Bertz CT molecular complexity index is 1530. The molecule has 190 valence electrons. The topological polar surface area (TPSA) is 146 Å². The summed E-state index contributed by atoms with van der Waals surface area (Å²) < 4.78 is 1.61. The largest absolute Gasteiger partial charge is 0.507 e. The molecule has 0 saturated carbocycles. The Morgan fingerprint density at radius 3 is 2.79 bits per heavy atom. The van der Waals surface area contributed by atoms with Gasteiger partial charge in [0, 0.05) is 37.4 Å². The molecular formula is C27H26N10O. The van der Waals surface area contributed by atoms with E-state index in [0.717, 1.165) is 24.3 Å². The van der Waals surface area contributed by atoms with Gasteiger partial charge in [-0.3, -0.25) is 0 Å². The van der Waals surface area contributed by atoms with Crippen LogP contribution in [0.25, 0.3) is 11.3 Å². The first kappa shape index (κ1) is 24.5. The molecule has 5 rings (SSSR count). The second-order valence-corrected chi connectivity index (χ2v) is 8.90. The number of phenols is 1. The molecule has 1 fully saturated rings. The zero-order valence-corrected chi connectivity index (χ0v) is 20.9. The zero-order chi connectivity index (χ0) is 26.5. The Morgan fingerprint density at radius 1 is 1.13 bits per heavy atom. The molecule has 0 bridgehead atoms. The molecule has 0 unspecified atom stereocenters. The number of nitrogens with zero attached hydrogens (tertiary/aromatic N) is 9. The van der Waals surface area contributed by atoms with Gasteiger partial charge in [-0.05, 0) is 43.5 Å². The first-order valence-corrected chi connectivity index (χ1v) is 12.2. The lowest BCUT2D eigenvalue weighted by molar-refractivity contribution is 0.477. The number of nitrogen functional groups attached to an aromatic ring is 1. The highest BCUT2D eigenvalue weighted by atomic mass is 16.3. The number of aromatic nitrogens is 6. The number of nitriles is 1. The third-order valence-electron chi connectivity index (χ3n) is 6.55. The lowest BCUT2D eigenvalue weighted by atomic mass is 10.1. The Morgan fingerprint density at radius 2 is 2.00 bits per heavy atom. The number of aromatic hydroxyl groups is 1. The van der Waals surface area contributed by atoms with E-state index in [1.54, 1.807) is 35.4 Å². The van der Waals surface area contributed by atoms with Crippen molar-refractivity contribution in [2.45, 2.75) is 25.9 Å². The number of anilines is 3. The molecule has 0 amide bonds. The van der Waals surface area contributed by atoms with E-state index < -0.39 is 0 Å². The lowest BCUT2D eigenvalue weighted by Crippen LogP contribution is -2.35. The highest BCUT2D eigenvalue weighted by Gasteiger charge is 2.26. The molecule has 11 nitrogen and oxygen atoms in total. The number of para-hydroxylation sites is 1. The minimum absolute atomic E-state index is 0.134. The summed E-state index contributed by atoms with van der Waals surface area (Å²) in [5.74, 6) is 6.50. The Hall–Kier alpha value is -5.16. The summed E-state index contributed by atoms with van der Waals surface area (Å²) >= 11 is 0. The maximum absolute atomic E-state index is 10.3. The van der Waals surface area contributed by atoms with Crippen LogP contribution in [0, 0.1) is 23.2 Å². The summed E-state index contributed by atoms with van der Waals surface area (Å²) in [5.41, 5.74) is 9.85. The molecule has 38 heavy (non-hydrogen) atoms. The van der Waals surface area contributed by atoms with Gasteiger partial charge in [-0.2, -0.15) is 10.4 Å². The average Bonchev–Trinajstić information content (AvgIpc) is 3.37. The fourth-order valence-electron chi connectivity index (χ4n) is 4.54. The summed E-state index contributed by atoms with van der Waals surface area (Å²) in [6.07, 6.45) is 5.56. The van der Waals surface area contributed by atoms with Gasteiger partial charge >= 0.3 is 0 Å². The molecule has 4 aromatic rings. The predicted octanol–water partition coefficient (Wildman–Crippen LogP) is 2.45. The van der Waals surface area contributed by atoms with E-state index >= 15 is 0 Å². The number of nitrogens with two attached hydrogens (primary N) is 1. The van der Waals surface area contributed by atoms with Crippen molar-refractivity contribution in [2.75, 3.05) is 35.2 Å². The molecule has 11 heteroatoms. The fraction of sp³-hybridized carbons (Fsp3) is 0.259. The van der Waals surface area contributed by atoms with Crippen LogP contribution in [-0.2, 0) is 6.54 Å². The molecular weight excluding hydrogens is 480 g/mol. The molecule has 0 radical (unpaired) electrons. The quantitative estimate of drug-likeness (QED) is 0.396. The van der Waals surface area contributed by atoms with Crippen molar-refractivity contribution in [2.24, 2.45) is 0 Å². The van der Waals surface area contributed by atoms with Gasteiger partial charge in [-0.25, -0.2) is 14.6 Å². The summed E-state index contributed by atoms with van der Waals surface area (Å²) in [7, 11) is 0. The van der Waals surface area contributed by atoms with Crippen molar-refractivity contribution in [3.05, 3.63) is 66.5 Å². The minimum Gasteiger partial charge on any atom is -0.507 e. The molecule has 4 heterocycles. The van der Waals surface area contributed by atoms with E-state index in [2.05, 4.69) is 59.9 Å². The fourth-order valence-corrected chi connectivity index (χ4v) is 4.54. The summed E-state index contributed by atoms with van der Waals surface area (Å²) in [6, 6.07) is 13.2. The monoisotopic (exact) mass is 506 g/mol. The number of rotatable bonds is 4. The van der Waals surface area contributed by atoms with Crippen molar-refractivity contribution >= 4 is 17.2 Å². The summed E-state index contributed by atoms with van der Waals surface area (Å²) in [4.78, 5) is 12.7. The normalized spacial score (nSPS) is 15.3. The van der Waals surface area contributed by atoms with Gasteiger partial charge in [-0.15, -0.1) is 10.2 Å². The van der Waals surface area contributed by atoms with Gasteiger partial charge < -0.3 is 20.6 Å². The molecule has 0 aliphatic carbocycles. The van der Waals surface area contributed by atoms with Crippen molar-refractivity contribution in [3.63, 3.8) is 0 Å². The lowest BCUT2D eigenvalue weighted by Gasteiger charge is -2.30. The summed E-state index contributed by atoms with van der Waals surface area (Å²) in [5, 5.41) is 32.7. The third kappa shape index (κ3) is 5.04. The first-order chi connectivity index (χ1) is 18.5. The van der Waals surface area contributed by atoms with Crippen molar-refractivity contribution in [3.8, 4) is 34.9 Å². The first-order valence-electron chi connectivity index (χ1n) is 12.2. The van der Waals surface area contributed by atoms with E-state index in [1.807, 2.05) is 18.2 Å². The minimum atomic E-state index is 0.134. The van der Waals surface area contributed by atoms with E-state index in [1.165, 1.54) is 6.33 Å². The highest BCUT2D eigenvalue weighted by molar-refractivity contribution is 5.74. The van der Waals surface area contributed by atoms with Crippen molar-refractivity contribution in [1.29, 1.82) is 5.26 Å². The predicted molar refractivity (Wildman–Crippen MR) is 143 cm³/mol. The van der Waals surface area contributed by atoms with Gasteiger partial charge in [0.15, 0.2) is 5.82 Å². The van der Waals surface area contributed by atoms with E-state index in [0.29, 0.717) is 48.0 Å². The van der Waals surface area contributed by atoms with E-state index in [4.69, 9.17) is 5.73 Å². The molecule has 1 saturated heterocycles. The van der Waals surface area contributed by atoms with Gasteiger partial charge in [0.1, 0.15) is 42.3 Å². The van der Waals surface area contributed by atoms with Gasteiger partial charge in [-0.1, -0.05) is 18.1 Å². The Kier molecular flexibility index (Phi) is 7.00. The molecule has 1 aliphatic rings. The smallest absolute Gasteiger partial charge is 0.169 e. The van der Waals surface area contributed by atoms with Gasteiger partial charge in [0.25, 0.3) is 0 Å². The molecule has 3 aromatic heterocycles. The number of pyridine rings is 1. The standard InChI is InChI=1S/C27H26N10O/c1-19-9-12-35(25-15-23(33-34-27(25)29)20-5-2-3-7-26(20)38)13-14-37(19)24-8-10-31-22(21(24)16-28)6-4-11-36-18-30-17-32-36/h2-3,5,7-8,10,15,17-19,38H,9,11-14H2,1H3,(H2,29,34)/t19-/m1/s1. The highest BCUT2D eigenvalue weighted by Crippen LogP contribution is 2.33. The number of hydrogen-bond acceptors (Lipinski definition) is 10. The second kappa shape index (κ2) is 10.8. The summed E-state index contributed by atoms with van der Waals surface area (Å²) in [6.45, 7) is 4.55. The van der Waals surface area contributed by atoms with E-state index in [-0.39, 0.29) is 11.8 Å². The number of hydrogen-bond donors (Lipinski definition) is 2. The van der Waals surface area contributed by atoms with Crippen LogP contribution in [-0.4, -0.2) is 60.7 Å². The van der Waals surface area contributed by atoms with Crippen LogP contribution in [0.2, 0.25) is 0 Å². The van der Waals surface area contributed by atoms with Crippen LogP contribution < -0.4 is 15.5 Å². The van der Waals surface area contributed by atoms with Crippen LogP contribution in [0.15, 0.2) is 55.2 Å². The van der Waals surface area contributed by atoms with Crippen molar-refractivity contribution in [1.82, 2.24) is 29.9 Å². The average molecular weight is 507 g/mol. The Labute approximate surface area is 220 Å². The Balaban J connectivity index is 1.39. The molecule has 1 aliphatic heterocycles. The molecule has 0 spiro atoms. The van der Waals surface area contributed by atoms with Gasteiger partial charge in [0.2, 0.25) is 0 Å². The second-order valence-electron chi connectivity index (χ2n) is 8.90. The third-order valence-corrected chi connectivity index (χ3v) is 6.55. The van der Waals surface area contributed by atoms with Crippen LogP contribution in [0.3, 0.4) is 0 Å². The van der Waals surface area contributed by atoms with Gasteiger partial charge in [0.05, 0.1) is 17.1 Å². The number of benzene rings is 1. The van der Waals surface area contributed by atoms with Crippen LogP contribution >= 0.6 is 0 Å². The molecule has 1 atom stereocenters. The zero-order valence-electron chi connectivity index (χ0n) is 20.9. The van der Waals surface area contributed by atoms with Crippen molar-refractivity contribution < 1.29 is 5.11 Å². The van der Waals surface area contributed by atoms with Crippen LogP contribution in [0.4, 0.5) is 17.2 Å².